The summed E-state index contributed by atoms with van der Waals surface area (Å²) in [7, 11) is 0. The van der Waals surface area contributed by atoms with E-state index in [0.29, 0.717) is 10.6 Å². The number of thiazole rings is 1. The fourth-order valence-corrected chi connectivity index (χ4v) is 3.59. The maximum absolute atomic E-state index is 13.1. The van der Waals surface area contributed by atoms with Gasteiger partial charge in [-0.3, -0.25) is 9.69 Å². The van der Waals surface area contributed by atoms with Crippen LogP contribution < -0.4 is 10.2 Å². The van der Waals surface area contributed by atoms with Gasteiger partial charge in [0.1, 0.15) is 0 Å². The number of nitrogens with one attached hydrogen (secondary N) is 1. The number of hydrogen-bond donors (Lipinski definition) is 1. The van der Waals surface area contributed by atoms with Crippen molar-refractivity contribution in [2.45, 2.75) is 13.1 Å². The Labute approximate surface area is 148 Å². The fourth-order valence-electron chi connectivity index (χ4n) is 2.83. The molecule has 120 valence electrons. The molecule has 3 aromatic rings. The van der Waals surface area contributed by atoms with Crippen LogP contribution in [0.5, 0.6) is 0 Å². The van der Waals surface area contributed by atoms with Gasteiger partial charge in [-0.2, -0.15) is 0 Å². The molecule has 0 spiro atoms. The number of rotatable bonds is 2. The fraction of sp³-hybridized carbons (Fsp3) is 0.111. The number of fused-ring (bicyclic) bond motifs is 1. The van der Waals surface area contributed by atoms with E-state index in [1.54, 1.807) is 28.4 Å². The lowest BCUT2D eigenvalue weighted by Gasteiger charge is -2.37. The molecule has 4 rings (SSSR count). The number of benzene rings is 2. The standard InChI is InChI=1S/C18H14ClN3OS/c1-11-20-16(10-24-11)17-21-15-5-3-2-4-14(15)18(23)22(17)13-8-6-12(19)7-9-13/h2-10,17,21H,1H3/t17-/m0/s1. The number of nitrogens with zero attached hydrogens (tertiary/aromatic N) is 2. The Kier molecular flexibility index (Phi) is 3.75. The summed E-state index contributed by atoms with van der Waals surface area (Å²) in [4.78, 5) is 19.4. The summed E-state index contributed by atoms with van der Waals surface area (Å²) in [5, 5.41) is 7.02. The Morgan fingerprint density at radius 1 is 1.17 bits per heavy atom. The molecule has 0 fully saturated rings. The predicted octanol–water partition coefficient (Wildman–Crippen LogP) is 4.88. The lowest BCUT2D eigenvalue weighted by atomic mass is 10.1. The van der Waals surface area contributed by atoms with Crippen LogP contribution in [0.4, 0.5) is 11.4 Å². The van der Waals surface area contributed by atoms with Crippen LogP contribution in [-0.2, 0) is 0 Å². The second kappa shape index (κ2) is 5.92. The Balaban J connectivity index is 1.85. The molecule has 1 amide bonds. The zero-order chi connectivity index (χ0) is 16.7. The summed E-state index contributed by atoms with van der Waals surface area (Å²) >= 11 is 7.57. The number of anilines is 2. The molecule has 2 aromatic carbocycles. The van der Waals surface area contributed by atoms with E-state index < -0.39 is 0 Å². The van der Waals surface area contributed by atoms with Gasteiger partial charge in [0.15, 0.2) is 6.17 Å². The smallest absolute Gasteiger partial charge is 0.262 e. The average molecular weight is 356 g/mol. The van der Waals surface area contributed by atoms with Crippen LogP contribution in [0.1, 0.15) is 27.2 Å². The zero-order valence-electron chi connectivity index (χ0n) is 12.9. The Morgan fingerprint density at radius 2 is 1.92 bits per heavy atom. The molecule has 0 aliphatic carbocycles. The number of aryl methyl sites for hydroxylation is 1. The van der Waals surface area contributed by atoms with Crippen molar-refractivity contribution >= 4 is 40.2 Å². The molecule has 1 aliphatic rings. The highest BCUT2D eigenvalue weighted by Gasteiger charge is 2.35. The van der Waals surface area contributed by atoms with Crippen LogP contribution in [0.15, 0.2) is 53.9 Å². The minimum absolute atomic E-state index is 0.0534. The molecule has 0 saturated heterocycles. The van der Waals surface area contributed by atoms with Gasteiger partial charge in [0, 0.05) is 21.8 Å². The topological polar surface area (TPSA) is 45.2 Å². The number of aromatic nitrogens is 1. The van der Waals surface area contributed by atoms with Gasteiger partial charge in [-0.15, -0.1) is 11.3 Å². The second-order valence-corrected chi connectivity index (χ2v) is 7.03. The van der Waals surface area contributed by atoms with Gasteiger partial charge >= 0.3 is 0 Å². The van der Waals surface area contributed by atoms with E-state index >= 15 is 0 Å². The molecule has 1 aliphatic heterocycles. The molecule has 0 saturated carbocycles. The van der Waals surface area contributed by atoms with Gasteiger partial charge in [-0.25, -0.2) is 4.98 Å². The number of halogens is 1. The number of hydrogen-bond acceptors (Lipinski definition) is 4. The Hall–Kier alpha value is -2.37. The van der Waals surface area contributed by atoms with E-state index in [-0.39, 0.29) is 12.1 Å². The monoisotopic (exact) mass is 355 g/mol. The van der Waals surface area contributed by atoms with Crippen LogP contribution in [0.2, 0.25) is 5.02 Å². The van der Waals surface area contributed by atoms with Crippen LogP contribution >= 0.6 is 22.9 Å². The normalized spacial score (nSPS) is 16.7. The molecule has 24 heavy (non-hydrogen) atoms. The minimum Gasteiger partial charge on any atom is -0.359 e. The second-order valence-electron chi connectivity index (χ2n) is 5.54. The van der Waals surface area contributed by atoms with Gasteiger partial charge in [0.2, 0.25) is 0 Å². The van der Waals surface area contributed by atoms with E-state index in [2.05, 4.69) is 10.3 Å². The summed E-state index contributed by atoms with van der Waals surface area (Å²) < 4.78 is 0. The molecule has 1 aromatic heterocycles. The summed E-state index contributed by atoms with van der Waals surface area (Å²) in [5.74, 6) is -0.0534. The molecular formula is C18H14ClN3OS. The highest BCUT2D eigenvalue weighted by molar-refractivity contribution is 7.09. The van der Waals surface area contributed by atoms with Gasteiger partial charge in [0.25, 0.3) is 5.91 Å². The first-order valence-electron chi connectivity index (χ1n) is 7.50. The van der Waals surface area contributed by atoms with Crippen molar-refractivity contribution in [1.82, 2.24) is 4.98 Å². The van der Waals surface area contributed by atoms with Crippen LogP contribution in [0.3, 0.4) is 0 Å². The van der Waals surface area contributed by atoms with Crippen LogP contribution in [-0.4, -0.2) is 10.9 Å². The predicted molar refractivity (Wildman–Crippen MR) is 97.9 cm³/mol. The molecule has 0 bridgehead atoms. The van der Waals surface area contributed by atoms with Crippen LogP contribution in [0.25, 0.3) is 0 Å². The zero-order valence-corrected chi connectivity index (χ0v) is 14.4. The van der Waals surface area contributed by atoms with E-state index in [1.807, 2.05) is 48.7 Å². The minimum atomic E-state index is -0.349. The highest BCUT2D eigenvalue weighted by Crippen LogP contribution is 2.37. The molecule has 0 radical (unpaired) electrons. The van der Waals surface area contributed by atoms with Crippen molar-refractivity contribution in [2.24, 2.45) is 0 Å². The third-order valence-corrected chi connectivity index (χ3v) is 4.99. The third kappa shape index (κ3) is 2.56. The van der Waals surface area contributed by atoms with Crippen molar-refractivity contribution in [3.05, 3.63) is 75.2 Å². The average Bonchev–Trinajstić information content (AvgIpc) is 3.02. The van der Waals surface area contributed by atoms with E-state index in [1.165, 1.54) is 0 Å². The Bertz CT molecular complexity index is 907. The van der Waals surface area contributed by atoms with Crippen molar-refractivity contribution < 1.29 is 4.79 Å². The number of carbonyl (C=O) groups is 1. The SMILES string of the molecule is Cc1nc([C@H]2Nc3ccccc3C(=O)N2c2ccc(Cl)cc2)cs1. The summed E-state index contributed by atoms with van der Waals surface area (Å²) in [5.41, 5.74) is 3.08. The molecule has 1 N–H and O–H groups in total. The largest absolute Gasteiger partial charge is 0.359 e. The summed E-state index contributed by atoms with van der Waals surface area (Å²) in [6.45, 7) is 1.96. The number of amides is 1. The van der Waals surface area contributed by atoms with E-state index in [4.69, 9.17) is 11.6 Å². The third-order valence-electron chi connectivity index (χ3n) is 3.95. The first-order chi connectivity index (χ1) is 11.6. The van der Waals surface area contributed by atoms with Crippen molar-refractivity contribution in [2.75, 3.05) is 10.2 Å². The van der Waals surface area contributed by atoms with E-state index in [9.17, 15) is 4.79 Å². The van der Waals surface area contributed by atoms with Gasteiger partial charge < -0.3 is 5.32 Å². The number of carbonyl (C=O) groups excluding carboxylic acids is 1. The first-order valence-corrected chi connectivity index (χ1v) is 8.76. The quantitative estimate of drug-likeness (QED) is 0.712. The van der Waals surface area contributed by atoms with E-state index in [0.717, 1.165) is 22.1 Å². The molecule has 2 heterocycles. The van der Waals surface area contributed by atoms with Gasteiger partial charge in [-0.05, 0) is 43.3 Å². The van der Waals surface area contributed by atoms with Gasteiger partial charge in [0.05, 0.1) is 16.3 Å². The van der Waals surface area contributed by atoms with Gasteiger partial charge in [-0.1, -0.05) is 23.7 Å². The summed E-state index contributed by atoms with van der Waals surface area (Å²) in [6.07, 6.45) is -0.349. The lowest BCUT2D eigenvalue weighted by molar-refractivity contribution is 0.0974. The maximum Gasteiger partial charge on any atom is 0.262 e. The summed E-state index contributed by atoms with van der Waals surface area (Å²) in [6, 6.07) is 14.8. The molecule has 0 unspecified atom stereocenters. The highest BCUT2D eigenvalue weighted by atomic mass is 35.5. The maximum atomic E-state index is 13.1. The van der Waals surface area contributed by atoms with Crippen molar-refractivity contribution in [1.29, 1.82) is 0 Å². The van der Waals surface area contributed by atoms with Crippen molar-refractivity contribution in [3.8, 4) is 0 Å². The Morgan fingerprint density at radius 3 is 2.62 bits per heavy atom. The molecule has 1 atom stereocenters. The lowest BCUT2D eigenvalue weighted by Crippen LogP contribution is -2.43. The first kappa shape index (κ1) is 15.2. The molecular weight excluding hydrogens is 342 g/mol. The molecule has 6 heteroatoms. The van der Waals surface area contributed by atoms with Crippen molar-refractivity contribution in [3.63, 3.8) is 0 Å². The van der Waals surface area contributed by atoms with Crippen LogP contribution in [0, 0.1) is 6.92 Å². The molecule has 4 nitrogen and oxygen atoms in total. The number of para-hydroxylation sites is 1.